The second-order valence-electron chi connectivity index (χ2n) is 6.52. The van der Waals surface area contributed by atoms with Crippen LogP contribution in [0.5, 0.6) is 5.75 Å². The van der Waals surface area contributed by atoms with Crippen molar-refractivity contribution in [2.24, 2.45) is 0 Å². The van der Waals surface area contributed by atoms with E-state index in [1.807, 2.05) is 12.3 Å². The third-order valence-corrected chi connectivity index (χ3v) is 4.94. The summed E-state index contributed by atoms with van der Waals surface area (Å²) in [6.07, 6.45) is 3.88. The summed E-state index contributed by atoms with van der Waals surface area (Å²) in [5.41, 5.74) is 5.32. The Labute approximate surface area is 142 Å². The zero-order chi connectivity index (χ0) is 16.5. The predicted molar refractivity (Wildman–Crippen MR) is 96.4 cm³/mol. The number of nitrogens with zero attached hydrogens (tertiary/aromatic N) is 2. The third kappa shape index (κ3) is 2.67. The van der Waals surface area contributed by atoms with Crippen LogP contribution in [0.15, 0.2) is 42.6 Å². The number of ether oxygens (including phenoxy) is 1. The molecule has 2 aromatic heterocycles. The summed E-state index contributed by atoms with van der Waals surface area (Å²) in [4.78, 5) is 4.47. The molecule has 1 atom stereocenters. The lowest BCUT2D eigenvalue weighted by Gasteiger charge is -2.22. The van der Waals surface area contributed by atoms with Gasteiger partial charge in [-0.25, -0.2) is 0 Å². The second-order valence-corrected chi connectivity index (χ2v) is 6.52. The molecule has 4 rings (SSSR count). The van der Waals surface area contributed by atoms with Gasteiger partial charge in [0.15, 0.2) is 0 Å². The van der Waals surface area contributed by atoms with Crippen molar-refractivity contribution in [2.45, 2.75) is 38.9 Å². The van der Waals surface area contributed by atoms with Crippen LogP contribution >= 0.6 is 0 Å². The van der Waals surface area contributed by atoms with Crippen molar-refractivity contribution < 1.29 is 4.74 Å². The van der Waals surface area contributed by atoms with E-state index in [-0.39, 0.29) is 0 Å². The summed E-state index contributed by atoms with van der Waals surface area (Å²) in [5.74, 6) is 0.922. The van der Waals surface area contributed by atoms with E-state index in [1.54, 1.807) is 7.11 Å². The first-order valence-electron chi connectivity index (χ1n) is 8.57. The molecule has 0 bridgehead atoms. The molecular formula is C20H23N3O. The Balaban J connectivity index is 1.76. The monoisotopic (exact) mass is 321 g/mol. The largest absolute Gasteiger partial charge is 0.497 e. The molecule has 0 spiro atoms. The number of fused-ring (bicyclic) bond motifs is 3. The first-order valence-corrected chi connectivity index (χ1v) is 8.57. The molecule has 1 aromatic carbocycles. The van der Waals surface area contributed by atoms with E-state index in [2.05, 4.69) is 52.1 Å². The van der Waals surface area contributed by atoms with Gasteiger partial charge in [-0.1, -0.05) is 6.07 Å². The summed E-state index contributed by atoms with van der Waals surface area (Å²) in [7, 11) is 1.73. The highest BCUT2D eigenvalue weighted by molar-refractivity contribution is 5.87. The van der Waals surface area contributed by atoms with Crippen molar-refractivity contribution in [2.75, 3.05) is 7.11 Å². The molecule has 0 amide bonds. The summed E-state index contributed by atoms with van der Waals surface area (Å²) < 4.78 is 7.92. The van der Waals surface area contributed by atoms with Gasteiger partial charge in [0.25, 0.3) is 0 Å². The minimum Gasteiger partial charge on any atom is -0.497 e. The molecule has 0 radical (unpaired) electrons. The highest BCUT2D eigenvalue weighted by Crippen LogP contribution is 2.32. The Morgan fingerprint density at radius 1 is 1.29 bits per heavy atom. The van der Waals surface area contributed by atoms with Crippen molar-refractivity contribution in [3.05, 3.63) is 59.5 Å². The van der Waals surface area contributed by atoms with Crippen LogP contribution in [0, 0.1) is 0 Å². The first kappa shape index (κ1) is 15.2. The Hall–Kier alpha value is -2.33. The Kier molecular flexibility index (Phi) is 3.98. The normalized spacial score (nSPS) is 17.0. The fraction of sp³-hybridized carbons (Fsp3) is 0.350. The molecular weight excluding hydrogens is 298 g/mol. The maximum Gasteiger partial charge on any atom is 0.119 e. The number of rotatable bonds is 4. The van der Waals surface area contributed by atoms with Crippen LogP contribution in [0.2, 0.25) is 0 Å². The number of hydrogen-bond acceptors (Lipinski definition) is 3. The minimum absolute atomic E-state index is 0.511. The molecule has 24 heavy (non-hydrogen) atoms. The Bertz CT molecular complexity index is 854. The van der Waals surface area contributed by atoms with Crippen LogP contribution in [0.4, 0.5) is 0 Å². The molecule has 0 saturated carbocycles. The average molecular weight is 321 g/mol. The molecule has 0 fully saturated rings. The van der Waals surface area contributed by atoms with Crippen LogP contribution in [-0.2, 0) is 25.9 Å². The van der Waals surface area contributed by atoms with Crippen molar-refractivity contribution in [3.8, 4) is 5.75 Å². The fourth-order valence-electron chi connectivity index (χ4n) is 3.68. The highest BCUT2D eigenvalue weighted by atomic mass is 16.5. The van der Waals surface area contributed by atoms with Crippen molar-refractivity contribution >= 4 is 10.9 Å². The molecule has 0 saturated heterocycles. The molecule has 3 heterocycles. The first-order chi connectivity index (χ1) is 11.8. The SMILES string of the molecule is COc1ccc2c(c1)c1c(n2CCc2ccccn2)CC(C)NC1. The molecule has 1 N–H and O–H groups in total. The highest BCUT2D eigenvalue weighted by Gasteiger charge is 2.23. The maximum absolute atomic E-state index is 5.43. The molecule has 4 nitrogen and oxygen atoms in total. The van der Waals surface area contributed by atoms with Crippen LogP contribution < -0.4 is 10.1 Å². The third-order valence-electron chi connectivity index (χ3n) is 4.94. The zero-order valence-electron chi connectivity index (χ0n) is 14.2. The summed E-state index contributed by atoms with van der Waals surface area (Å²) in [6, 6.07) is 13.1. The lowest BCUT2D eigenvalue weighted by Crippen LogP contribution is -2.33. The standard InChI is InChI=1S/C20H23N3O/c1-14-11-20-18(13-22-14)17-12-16(24-2)6-7-19(17)23(20)10-8-15-5-3-4-9-21-15/h3-7,9,12,14,22H,8,10-11,13H2,1-2H3. The molecule has 0 aliphatic carbocycles. The van der Waals surface area contributed by atoms with Gasteiger partial charge in [-0.2, -0.15) is 0 Å². The van der Waals surface area contributed by atoms with Crippen molar-refractivity contribution in [1.82, 2.24) is 14.9 Å². The van der Waals surface area contributed by atoms with Crippen LogP contribution in [0.25, 0.3) is 10.9 Å². The fourth-order valence-corrected chi connectivity index (χ4v) is 3.68. The van der Waals surface area contributed by atoms with Gasteiger partial charge in [0, 0.05) is 60.5 Å². The van der Waals surface area contributed by atoms with Gasteiger partial charge in [-0.15, -0.1) is 0 Å². The minimum atomic E-state index is 0.511. The second kappa shape index (κ2) is 6.29. The molecule has 124 valence electrons. The lowest BCUT2D eigenvalue weighted by molar-refractivity contribution is 0.415. The van der Waals surface area contributed by atoms with Gasteiger partial charge < -0.3 is 14.6 Å². The Morgan fingerprint density at radius 3 is 3.00 bits per heavy atom. The van der Waals surface area contributed by atoms with E-state index in [0.717, 1.165) is 37.4 Å². The number of methoxy groups -OCH3 is 1. The predicted octanol–water partition coefficient (Wildman–Crippen LogP) is 3.32. The van der Waals surface area contributed by atoms with Gasteiger partial charge in [-0.05, 0) is 42.8 Å². The van der Waals surface area contributed by atoms with Crippen LogP contribution in [0.3, 0.4) is 0 Å². The van der Waals surface area contributed by atoms with Gasteiger partial charge in [0.1, 0.15) is 5.75 Å². The van der Waals surface area contributed by atoms with Crippen LogP contribution in [-0.4, -0.2) is 22.7 Å². The lowest BCUT2D eigenvalue weighted by atomic mass is 10.0. The van der Waals surface area contributed by atoms with Crippen LogP contribution in [0.1, 0.15) is 23.9 Å². The van der Waals surface area contributed by atoms with E-state index in [9.17, 15) is 0 Å². The van der Waals surface area contributed by atoms with Gasteiger partial charge >= 0.3 is 0 Å². The summed E-state index contributed by atoms with van der Waals surface area (Å²) in [6.45, 7) is 4.14. The zero-order valence-corrected chi connectivity index (χ0v) is 14.2. The molecule has 1 aliphatic rings. The number of benzene rings is 1. The van der Waals surface area contributed by atoms with Gasteiger partial charge in [0.05, 0.1) is 7.11 Å². The number of aryl methyl sites for hydroxylation is 2. The van der Waals surface area contributed by atoms with E-state index < -0.39 is 0 Å². The summed E-state index contributed by atoms with van der Waals surface area (Å²) in [5, 5.41) is 4.90. The smallest absolute Gasteiger partial charge is 0.119 e. The van der Waals surface area contributed by atoms with E-state index in [4.69, 9.17) is 4.74 Å². The molecule has 1 aliphatic heterocycles. The quantitative estimate of drug-likeness (QED) is 0.801. The van der Waals surface area contributed by atoms with E-state index in [0.29, 0.717) is 6.04 Å². The van der Waals surface area contributed by atoms with E-state index in [1.165, 1.54) is 22.2 Å². The topological polar surface area (TPSA) is 39.1 Å². The van der Waals surface area contributed by atoms with Crippen molar-refractivity contribution in [3.63, 3.8) is 0 Å². The molecule has 1 unspecified atom stereocenters. The molecule has 3 aromatic rings. The Morgan fingerprint density at radius 2 is 2.21 bits per heavy atom. The van der Waals surface area contributed by atoms with E-state index >= 15 is 0 Å². The maximum atomic E-state index is 5.43. The van der Waals surface area contributed by atoms with Gasteiger partial charge in [0.2, 0.25) is 0 Å². The average Bonchev–Trinajstić information content (AvgIpc) is 2.92. The number of pyridine rings is 1. The number of nitrogens with one attached hydrogen (secondary N) is 1. The summed E-state index contributed by atoms with van der Waals surface area (Å²) >= 11 is 0. The molecule has 4 heteroatoms. The van der Waals surface area contributed by atoms with Gasteiger partial charge in [-0.3, -0.25) is 4.98 Å². The number of aromatic nitrogens is 2. The van der Waals surface area contributed by atoms with Crippen molar-refractivity contribution in [1.29, 1.82) is 0 Å². The number of hydrogen-bond donors (Lipinski definition) is 1.